The van der Waals surface area contributed by atoms with E-state index in [1.165, 1.54) is 0 Å². The van der Waals surface area contributed by atoms with Gasteiger partial charge in [-0.15, -0.1) is 0 Å². The third-order valence-electron chi connectivity index (χ3n) is 3.84. The zero-order valence-corrected chi connectivity index (χ0v) is 9.63. The lowest BCUT2D eigenvalue weighted by Gasteiger charge is -2.40. The van der Waals surface area contributed by atoms with Crippen molar-refractivity contribution in [3.8, 4) is 0 Å². The Balaban J connectivity index is 2.61. The summed E-state index contributed by atoms with van der Waals surface area (Å²) in [7, 11) is 0. The average Bonchev–Trinajstić information content (AvgIpc) is 2.21. The smallest absolute Gasteiger partial charge is 0.0597 e. The van der Waals surface area contributed by atoms with Gasteiger partial charge in [-0.05, 0) is 30.6 Å². The molecule has 1 rings (SSSR count). The minimum absolute atomic E-state index is 0.0681. The molecule has 90 valence electrons. The molecule has 0 amide bonds. The van der Waals surface area contributed by atoms with Crippen LogP contribution in [0.1, 0.15) is 26.7 Å². The molecule has 1 saturated carbocycles. The molecule has 0 spiro atoms. The molecule has 4 nitrogen and oxygen atoms in total. The predicted octanol–water partition coefficient (Wildman–Crippen LogP) is -0.324. The molecule has 15 heavy (non-hydrogen) atoms. The maximum Gasteiger partial charge on any atom is 0.0597 e. The number of aliphatic hydroxyl groups is 2. The Morgan fingerprint density at radius 3 is 2.33 bits per heavy atom. The van der Waals surface area contributed by atoms with E-state index in [4.69, 9.17) is 16.6 Å². The number of rotatable bonds is 3. The van der Waals surface area contributed by atoms with E-state index in [0.29, 0.717) is 11.8 Å². The van der Waals surface area contributed by atoms with Gasteiger partial charge in [0.25, 0.3) is 0 Å². The highest BCUT2D eigenvalue weighted by Gasteiger charge is 2.36. The molecule has 0 aromatic carbocycles. The van der Waals surface area contributed by atoms with Crippen LogP contribution in [0.5, 0.6) is 0 Å². The van der Waals surface area contributed by atoms with Crippen molar-refractivity contribution in [1.82, 2.24) is 0 Å². The molecule has 0 aromatic rings. The summed E-state index contributed by atoms with van der Waals surface area (Å²) in [5.41, 5.74) is 11.8. The Morgan fingerprint density at radius 1 is 1.20 bits per heavy atom. The molecule has 4 heteroatoms. The number of aliphatic hydroxyl groups excluding tert-OH is 2. The first-order valence-corrected chi connectivity index (χ1v) is 5.77. The lowest BCUT2D eigenvalue weighted by Crippen LogP contribution is -2.52. The van der Waals surface area contributed by atoms with Crippen LogP contribution in [0.25, 0.3) is 0 Å². The molecule has 1 aliphatic rings. The predicted molar refractivity (Wildman–Crippen MR) is 60.1 cm³/mol. The summed E-state index contributed by atoms with van der Waals surface area (Å²) in [6.45, 7) is 4.08. The van der Waals surface area contributed by atoms with Crippen LogP contribution in [-0.2, 0) is 0 Å². The minimum atomic E-state index is -0.347. The summed E-state index contributed by atoms with van der Waals surface area (Å²) < 4.78 is 0. The van der Waals surface area contributed by atoms with Crippen molar-refractivity contribution in [3.05, 3.63) is 0 Å². The van der Waals surface area contributed by atoms with Gasteiger partial charge in [0, 0.05) is 12.1 Å². The van der Waals surface area contributed by atoms with Crippen molar-refractivity contribution in [2.24, 2.45) is 29.2 Å². The Labute approximate surface area is 91.7 Å². The molecule has 0 saturated heterocycles. The minimum Gasteiger partial charge on any atom is -0.395 e. The van der Waals surface area contributed by atoms with E-state index in [2.05, 4.69) is 6.92 Å². The average molecular weight is 216 g/mol. The van der Waals surface area contributed by atoms with Crippen molar-refractivity contribution in [1.29, 1.82) is 0 Å². The summed E-state index contributed by atoms with van der Waals surface area (Å²) in [5, 5.41) is 18.7. The topological polar surface area (TPSA) is 92.5 Å². The molecular weight excluding hydrogens is 192 g/mol. The third-order valence-corrected chi connectivity index (χ3v) is 3.84. The van der Waals surface area contributed by atoms with Crippen molar-refractivity contribution < 1.29 is 10.2 Å². The molecule has 6 N–H and O–H groups in total. The van der Waals surface area contributed by atoms with Crippen LogP contribution in [0.3, 0.4) is 0 Å². The zero-order chi connectivity index (χ0) is 11.6. The van der Waals surface area contributed by atoms with Crippen molar-refractivity contribution in [3.63, 3.8) is 0 Å². The maximum absolute atomic E-state index is 9.72. The van der Waals surface area contributed by atoms with Crippen molar-refractivity contribution in [2.45, 2.75) is 44.9 Å². The van der Waals surface area contributed by atoms with E-state index in [1.54, 1.807) is 0 Å². The first-order chi connectivity index (χ1) is 6.97. The Bertz CT molecular complexity index is 201. The van der Waals surface area contributed by atoms with Gasteiger partial charge in [0.1, 0.15) is 0 Å². The summed E-state index contributed by atoms with van der Waals surface area (Å²) in [4.78, 5) is 0. The summed E-state index contributed by atoms with van der Waals surface area (Å²) in [6, 6.07) is -0.514. The summed E-state index contributed by atoms with van der Waals surface area (Å²) >= 11 is 0. The molecule has 6 unspecified atom stereocenters. The van der Waals surface area contributed by atoms with Gasteiger partial charge in [-0.3, -0.25) is 0 Å². The lowest BCUT2D eigenvalue weighted by atomic mass is 9.70. The van der Waals surface area contributed by atoms with Gasteiger partial charge < -0.3 is 21.7 Å². The Kier molecular flexibility index (Phi) is 4.52. The summed E-state index contributed by atoms with van der Waals surface area (Å²) in [5.74, 6) is 0.970. The van der Waals surface area contributed by atoms with E-state index in [9.17, 15) is 5.11 Å². The monoisotopic (exact) mass is 216 g/mol. The number of nitrogens with two attached hydrogens (primary N) is 2. The maximum atomic E-state index is 9.72. The van der Waals surface area contributed by atoms with E-state index in [1.807, 2.05) is 6.92 Å². The molecule has 0 aromatic heterocycles. The number of hydrogen-bond acceptors (Lipinski definition) is 4. The van der Waals surface area contributed by atoms with E-state index >= 15 is 0 Å². The second kappa shape index (κ2) is 5.25. The molecule has 0 aliphatic heterocycles. The quantitative estimate of drug-likeness (QED) is 0.520. The zero-order valence-electron chi connectivity index (χ0n) is 9.63. The van der Waals surface area contributed by atoms with Gasteiger partial charge in [0.2, 0.25) is 0 Å². The second-order valence-corrected chi connectivity index (χ2v) is 5.08. The largest absolute Gasteiger partial charge is 0.395 e. The summed E-state index contributed by atoms with van der Waals surface area (Å²) in [6.07, 6.45) is 1.48. The normalized spacial score (nSPS) is 41.2. The first-order valence-electron chi connectivity index (χ1n) is 5.77. The lowest BCUT2D eigenvalue weighted by molar-refractivity contribution is 0.0160. The standard InChI is InChI=1S/C11H24N2O2/c1-6-4-10(15)7(2)3-8(6)11(13)9(12)5-14/h6-11,14-15H,3-5,12-13H2,1-2H3. The Hall–Kier alpha value is -0.160. The van der Waals surface area contributed by atoms with Gasteiger partial charge in [0.05, 0.1) is 12.7 Å². The van der Waals surface area contributed by atoms with E-state index < -0.39 is 0 Å². The SMILES string of the molecule is CC1CC(C(N)C(N)CO)C(C)CC1O. The Morgan fingerprint density at radius 2 is 1.80 bits per heavy atom. The first kappa shape index (κ1) is 12.9. The van der Waals surface area contributed by atoms with Crippen LogP contribution in [0, 0.1) is 17.8 Å². The number of hydrogen-bond donors (Lipinski definition) is 4. The van der Waals surface area contributed by atoms with Crippen LogP contribution in [-0.4, -0.2) is 35.0 Å². The van der Waals surface area contributed by atoms with Crippen LogP contribution < -0.4 is 11.5 Å². The second-order valence-electron chi connectivity index (χ2n) is 5.08. The van der Waals surface area contributed by atoms with Crippen LogP contribution in [0.2, 0.25) is 0 Å². The van der Waals surface area contributed by atoms with Gasteiger partial charge in [-0.1, -0.05) is 13.8 Å². The highest BCUT2D eigenvalue weighted by atomic mass is 16.3. The fourth-order valence-corrected chi connectivity index (χ4v) is 2.58. The van der Waals surface area contributed by atoms with Crippen LogP contribution in [0.4, 0.5) is 0 Å². The van der Waals surface area contributed by atoms with Gasteiger partial charge >= 0.3 is 0 Å². The van der Waals surface area contributed by atoms with Crippen LogP contribution >= 0.6 is 0 Å². The van der Waals surface area contributed by atoms with E-state index in [0.717, 1.165) is 12.8 Å². The molecule has 0 heterocycles. The van der Waals surface area contributed by atoms with Crippen molar-refractivity contribution >= 4 is 0 Å². The fourth-order valence-electron chi connectivity index (χ4n) is 2.58. The molecular formula is C11H24N2O2. The molecule has 0 radical (unpaired) electrons. The highest BCUT2D eigenvalue weighted by molar-refractivity contribution is 4.91. The highest BCUT2D eigenvalue weighted by Crippen LogP contribution is 2.35. The molecule has 0 bridgehead atoms. The third kappa shape index (κ3) is 2.91. The van der Waals surface area contributed by atoms with Gasteiger partial charge in [-0.2, -0.15) is 0 Å². The van der Waals surface area contributed by atoms with Crippen molar-refractivity contribution in [2.75, 3.05) is 6.61 Å². The van der Waals surface area contributed by atoms with Crippen LogP contribution in [0.15, 0.2) is 0 Å². The molecule has 6 atom stereocenters. The van der Waals surface area contributed by atoms with Gasteiger partial charge in [0.15, 0.2) is 0 Å². The molecule has 1 fully saturated rings. The fraction of sp³-hybridized carbons (Fsp3) is 1.00. The van der Waals surface area contributed by atoms with E-state index in [-0.39, 0.29) is 30.7 Å². The molecule has 1 aliphatic carbocycles. The van der Waals surface area contributed by atoms with Gasteiger partial charge in [-0.25, -0.2) is 0 Å².